The number of rotatable bonds is 5. The number of carbonyl (C=O) groups excluding carboxylic acids is 1. The van der Waals surface area contributed by atoms with E-state index >= 15 is 0 Å². The van der Waals surface area contributed by atoms with E-state index in [0.29, 0.717) is 31.6 Å². The summed E-state index contributed by atoms with van der Waals surface area (Å²) in [6, 6.07) is 14.8. The summed E-state index contributed by atoms with van der Waals surface area (Å²) in [4.78, 5) is 30.6. The van der Waals surface area contributed by atoms with E-state index < -0.39 is 0 Å². The van der Waals surface area contributed by atoms with E-state index in [9.17, 15) is 14.9 Å². The zero-order valence-corrected chi connectivity index (χ0v) is 17.9. The summed E-state index contributed by atoms with van der Waals surface area (Å²) in [5.41, 5.74) is 2.68. The number of nitro benzene ring substituents is 1. The molecule has 0 radical (unpaired) electrons. The van der Waals surface area contributed by atoms with Crippen LogP contribution in [0.1, 0.15) is 12.8 Å². The Kier molecular flexibility index (Phi) is 6.36. The smallest absolute Gasteiger partial charge is 0.292 e. The molecule has 2 aliphatic rings. The van der Waals surface area contributed by atoms with Gasteiger partial charge in [-0.1, -0.05) is 24.3 Å². The Hall–Kier alpha value is -3.13. The van der Waals surface area contributed by atoms with Crippen LogP contribution in [0.3, 0.4) is 0 Å². The van der Waals surface area contributed by atoms with Gasteiger partial charge in [-0.25, -0.2) is 0 Å². The first-order chi connectivity index (χ1) is 15.0. The van der Waals surface area contributed by atoms with E-state index in [2.05, 4.69) is 28.2 Å². The highest BCUT2D eigenvalue weighted by atomic mass is 16.6. The summed E-state index contributed by atoms with van der Waals surface area (Å²) in [6.07, 6.45) is 1.35. The Balaban J connectivity index is 1.39. The van der Waals surface area contributed by atoms with Crippen LogP contribution in [0.2, 0.25) is 0 Å². The average molecular weight is 424 g/mol. The molecule has 2 heterocycles. The maximum atomic E-state index is 13.0. The fourth-order valence-corrected chi connectivity index (χ4v) is 4.41. The largest absolute Gasteiger partial charge is 0.367 e. The predicted molar refractivity (Wildman–Crippen MR) is 123 cm³/mol. The number of nitrogens with zero attached hydrogens (tertiary/aromatic N) is 4. The lowest BCUT2D eigenvalue weighted by Gasteiger charge is -2.35. The summed E-state index contributed by atoms with van der Waals surface area (Å²) in [5, 5.41) is 14.5. The molecule has 31 heavy (non-hydrogen) atoms. The maximum Gasteiger partial charge on any atom is 0.292 e. The number of amides is 1. The average Bonchev–Trinajstić information content (AvgIpc) is 2.80. The third-order valence-corrected chi connectivity index (χ3v) is 6.29. The van der Waals surface area contributed by atoms with Gasteiger partial charge in [-0.2, -0.15) is 0 Å². The molecule has 2 aliphatic heterocycles. The number of piperidine rings is 1. The quantitative estimate of drug-likeness (QED) is 0.588. The summed E-state index contributed by atoms with van der Waals surface area (Å²) < 4.78 is 0. The number of carbonyl (C=O) groups is 1. The Morgan fingerprint density at radius 3 is 2.16 bits per heavy atom. The first-order valence-corrected chi connectivity index (χ1v) is 10.8. The molecule has 2 saturated heterocycles. The number of likely N-dealkylation sites (N-methyl/N-ethyl adjacent to an activating group) is 1. The van der Waals surface area contributed by atoms with Crippen LogP contribution in [0.25, 0.3) is 0 Å². The topological polar surface area (TPSA) is 82.0 Å². The van der Waals surface area contributed by atoms with Gasteiger partial charge in [0.1, 0.15) is 5.69 Å². The van der Waals surface area contributed by atoms with Crippen LogP contribution in [-0.4, -0.2) is 62.0 Å². The molecule has 0 atom stereocenters. The van der Waals surface area contributed by atoms with Crippen molar-refractivity contribution in [3.63, 3.8) is 0 Å². The second kappa shape index (κ2) is 9.34. The highest BCUT2D eigenvalue weighted by Gasteiger charge is 2.28. The van der Waals surface area contributed by atoms with E-state index in [1.54, 1.807) is 12.1 Å². The number of nitro groups is 1. The molecule has 0 spiro atoms. The van der Waals surface area contributed by atoms with Crippen LogP contribution >= 0.6 is 0 Å². The molecule has 0 unspecified atom stereocenters. The lowest BCUT2D eigenvalue weighted by Crippen LogP contribution is -2.45. The van der Waals surface area contributed by atoms with Gasteiger partial charge in [0, 0.05) is 51.3 Å². The van der Waals surface area contributed by atoms with E-state index in [1.807, 2.05) is 29.2 Å². The van der Waals surface area contributed by atoms with Crippen molar-refractivity contribution in [3.8, 4) is 0 Å². The molecular weight excluding hydrogens is 394 g/mol. The molecule has 4 rings (SSSR count). The van der Waals surface area contributed by atoms with Crippen molar-refractivity contribution in [2.75, 3.05) is 61.4 Å². The van der Waals surface area contributed by atoms with Crippen molar-refractivity contribution in [3.05, 3.63) is 58.6 Å². The van der Waals surface area contributed by atoms with Gasteiger partial charge < -0.3 is 20.0 Å². The molecule has 2 aromatic carbocycles. The lowest BCUT2D eigenvalue weighted by atomic mass is 9.95. The van der Waals surface area contributed by atoms with Crippen LogP contribution in [0, 0.1) is 16.0 Å². The molecule has 1 amide bonds. The van der Waals surface area contributed by atoms with Crippen LogP contribution in [0.4, 0.5) is 22.7 Å². The van der Waals surface area contributed by atoms with Crippen molar-refractivity contribution < 1.29 is 9.72 Å². The second-order valence-corrected chi connectivity index (χ2v) is 8.30. The van der Waals surface area contributed by atoms with Gasteiger partial charge in [-0.3, -0.25) is 14.9 Å². The maximum absolute atomic E-state index is 13.0. The van der Waals surface area contributed by atoms with Gasteiger partial charge >= 0.3 is 0 Å². The van der Waals surface area contributed by atoms with E-state index in [4.69, 9.17) is 0 Å². The second-order valence-electron chi connectivity index (χ2n) is 8.30. The van der Waals surface area contributed by atoms with E-state index in [-0.39, 0.29) is 22.4 Å². The molecule has 1 N–H and O–H groups in total. The van der Waals surface area contributed by atoms with E-state index in [1.165, 1.54) is 6.07 Å². The molecule has 8 heteroatoms. The number of nitrogens with one attached hydrogen (secondary N) is 1. The molecule has 2 fully saturated rings. The number of benzene rings is 2. The normalized spacial score (nSPS) is 18.1. The minimum Gasteiger partial charge on any atom is -0.367 e. The SMILES string of the molecule is CN1CCN(c2ccccc2NC(=O)C2CCN(c3ccccc3[N+](=O)[O-])CC2)CC1. The predicted octanol–water partition coefficient (Wildman–Crippen LogP) is 3.20. The highest BCUT2D eigenvalue weighted by molar-refractivity contribution is 5.96. The summed E-state index contributed by atoms with van der Waals surface area (Å²) in [7, 11) is 2.13. The zero-order valence-electron chi connectivity index (χ0n) is 17.9. The van der Waals surface area contributed by atoms with Gasteiger partial charge in [0.2, 0.25) is 5.91 Å². The standard InChI is InChI=1S/C23H29N5O3/c1-25-14-16-27(17-15-25)20-7-3-2-6-19(20)24-23(29)18-10-12-26(13-11-18)21-8-4-5-9-22(21)28(30)31/h2-9,18H,10-17H2,1H3,(H,24,29). The molecule has 0 bridgehead atoms. The molecule has 2 aromatic rings. The first kappa shape index (κ1) is 21.1. The fourth-order valence-electron chi connectivity index (χ4n) is 4.41. The van der Waals surface area contributed by atoms with Gasteiger partial charge in [-0.15, -0.1) is 0 Å². The lowest BCUT2D eigenvalue weighted by molar-refractivity contribution is -0.384. The Bertz CT molecular complexity index is 934. The van der Waals surface area contributed by atoms with Gasteiger partial charge in [0.25, 0.3) is 5.69 Å². The Labute approximate surface area is 182 Å². The Morgan fingerprint density at radius 1 is 0.903 bits per heavy atom. The third kappa shape index (κ3) is 4.80. The molecule has 0 aliphatic carbocycles. The van der Waals surface area contributed by atoms with Crippen molar-refractivity contribution in [1.29, 1.82) is 0 Å². The van der Waals surface area contributed by atoms with Crippen molar-refractivity contribution in [2.24, 2.45) is 5.92 Å². The van der Waals surface area contributed by atoms with Crippen LogP contribution in [0.15, 0.2) is 48.5 Å². The minimum atomic E-state index is -0.344. The summed E-state index contributed by atoms with van der Waals surface area (Å²) >= 11 is 0. The van der Waals surface area contributed by atoms with Crippen molar-refractivity contribution in [1.82, 2.24) is 4.90 Å². The van der Waals surface area contributed by atoms with E-state index in [0.717, 1.165) is 37.6 Å². The Morgan fingerprint density at radius 2 is 1.48 bits per heavy atom. The first-order valence-electron chi connectivity index (χ1n) is 10.8. The molecule has 0 aromatic heterocycles. The minimum absolute atomic E-state index is 0.0313. The van der Waals surface area contributed by atoms with Crippen molar-refractivity contribution >= 4 is 28.7 Å². The number of piperazine rings is 1. The van der Waals surface area contributed by atoms with Crippen molar-refractivity contribution in [2.45, 2.75) is 12.8 Å². The number of hydrogen-bond acceptors (Lipinski definition) is 6. The van der Waals surface area contributed by atoms with Crippen LogP contribution < -0.4 is 15.1 Å². The van der Waals surface area contributed by atoms with Gasteiger partial charge in [-0.05, 0) is 38.1 Å². The number of para-hydroxylation sites is 4. The molecule has 8 nitrogen and oxygen atoms in total. The van der Waals surface area contributed by atoms with Crippen LogP contribution in [-0.2, 0) is 4.79 Å². The zero-order chi connectivity index (χ0) is 21.8. The fraction of sp³-hybridized carbons (Fsp3) is 0.435. The molecular formula is C23H29N5O3. The van der Waals surface area contributed by atoms with Gasteiger partial charge in [0.05, 0.1) is 16.3 Å². The number of anilines is 3. The monoisotopic (exact) mass is 423 g/mol. The highest BCUT2D eigenvalue weighted by Crippen LogP contribution is 2.32. The number of hydrogen-bond donors (Lipinski definition) is 1. The summed E-state index contributed by atoms with van der Waals surface area (Å²) in [6.45, 7) is 5.15. The third-order valence-electron chi connectivity index (χ3n) is 6.29. The van der Waals surface area contributed by atoms with Gasteiger partial charge in [0.15, 0.2) is 0 Å². The summed E-state index contributed by atoms with van der Waals surface area (Å²) in [5.74, 6) is -0.0663. The molecule has 164 valence electrons. The van der Waals surface area contributed by atoms with Crippen LogP contribution in [0.5, 0.6) is 0 Å². The molecule has 0 saturated carbocycles.